The summed E-state index contributed by atoms with van der Waals surface area (Å²) < 4.78 is 5.19. The molecule has 1 aromatic rings. The number of rotatable bonds is 7. The number of ether oxygens (including phenoxy) is 1. The SMILES string of the molecule is CCNc1cc(C)ccc1C(=O)NCCOCC. The zero-order valence-corrected chi connectivity index (χ0v) is 11.4. The maximum Gasteiger partial charge on any atom is 0.253 e. The first-order valence-electron chi connectivity index (χ1n) is 6.39. The smallest absolute Gasteiger partial charge is 0.253 e. The van der Waals surface area contributed by atoms with Crippen molar-refractivity contribution in [1.29, 1.82) is 0 Å². The summed E-state index contributed by atoms with van der Waals surface area (Å²) in [6.07, 6.45) is 0. The Labute approximate surface area is 109 Å². The Kier molecular flexibility index (Phi) is 6.22. The van der Waals surface area contributed by atoms with Crippen LogP contribution in [-0.4, -0.2) is 32.2 Å². The molecule has 0 saturated carbocycles. The van der Waals surface area contributed by atoms with Gasteiger partial charge in [-0.25, -0.2) is 0 Å². The second-order valence-electron chi connectivity index (χ2n) is 4.03. The molecule has 0 heterocycles. The lowest BCUT2D eigenvalue weighted by Crippen LogP contribution is -2.28. The quantitative estimate of drug-likeness (QED) is 0.729. The molecule has 1 rings (SSSR count). The lowest BCUT2D eigenvalue weighted by molar-refractivity contribution is 0.0923. The van der Waals surface area contributed by atoms with Crippen molar-refractivity contribution in [2.24, 2.45) is 0 Å². The molecule has 2 N–H and O–H groups in total. The number of carbonyl (C=O) groups is 1. The third-order valence-electron chi connectivity index (χ3n) is 2.52. The third kappa shape index (κ3) is 4.37. The first kappa shape index (κ1) is 14.5. The van der Waals surface area contributed by atoms with Gasteiger partial charge in [-0.05, 0) is 38.5 Å². The lowest BCUT2D eigenvalue weighted by atomic mass is 10.1. The second-order valence-corrected chi connectivity index (χ2v) is 4.03. The molecule has 0 bridgehead atoms. The van der Waals surface area contributed by atoms with Gasteiger partial charge in [0.2, 0.25) is 0 Å². The molecule has 0 aliphatic heterocycles. The van der Waals surface area contributed by atoms with Crippen molar-refractivity contribution in [3.63, 3.8) is 0 Å². The highest BCUT2D eigenvalue weighted by Gasteiger charge is 2.10. The Morgan fingerprint density at radius 1 is 1.33 bits per heavy atom. The highest BCUT2D eigenvalue weighted by atomic mass is 16.5. The van der Waals surface area contributed by atoms with Crippen LogP contribution in [0.1, 0.15) is 29.8 Å². The second kappa shape index (κ2) is 7.71. The minimum Gasteiger partial charge on any atom is -0.385 e. The highest BCUT2D eigenvalue weighted by Crippen LogP contribution is 2.17. The third-order valence-corrected chi connectivity index (χ3v) is 2.52. The van der Waals surface area contributed by atoms with Crippen molar-refractivity contribution in [1.82, 2.24) is 5.32 Å². The van der Waals surface area contributed by atoms with E-state index < -0.39 is 0 Å². The van der Waals surface area contributed by atoms with Gasteiger partial charge in [-0.15, -0.1) is 0 Å². The Balaban J connectivity index is 2.66. The molecule has 100 valence electrons. The van der Waals surface area contributed by atoms with E-state index in [1.165, 1.54) is 0 Å². The fraction of sp³-hybridized carbons (Fsp3) is 0.500. The van der Waals surface area contributed by atoms with Crippen LogP contribution >= 0.6 is 0 Å². The molecule has 0 aliphatic rings. The van der Waals surface area contributed by atoms with Gasteiger partial charge in [0.25, 0.3) is 5.91 Å². The summed E-state index contributed by atoms with van der Waals surface area (Å²) in [7, 11) is 0. The summed E-state index contributed by atoms with van der Waals surface area (Å²) in [6.45, 7) is 8.50. The summed E-state index contributed by atoms with van der Waals surface area (Å²) >= 11 is 0. The summed E-state index contributed by atoms with van der Waals surface area (Å²) in [4.78, 5) is 12.0. The average Bonchev–Trinajstić information content (AvgIpc) is 2.35. The Hall–Kier alpha value is -1.55. The number of amides is 1. The molecule has 0 fully saturated rings. The molecule has 0 radical (unpaired) electrons. The monoisotopic (exact) mass is 250 g/mol. The number of anilines is 1. The fourth-order valence-corrected chi connectivity index (χ4v) is 1.67. The van der Waals surface area contributed by atoms with E-state index in [-0.39, 0.29) is 5.91 Å². The van der Waals surface area contributed by atoms with E-state index in [0.29, 0.717) is 25.3 Å². The summed E-state index contributed by atoms with van der Waals surface area (Å²) in [6, 6.07) is 5.78. The molecule has 0 atom stereocenters. The molecule has 0 spiro atoms. The highest BCUT2D eigenvalue weighted by molar-refractivity contribution is 5.99. The Morgan fingerprint density at radius 2 is 2.11 bits per heavy atom. The van der Waals surface area contributed by atoms with Crippen LogP contribution < -0.4 is 10.6 Å². The normalized spacial score (nSPS) is 10.2. The number of carbonyl (C=O) groups excluding carboxylic acids is 1. The van der Waals surface area contributed by atoms with Gasteiger partial charge in [0.15, 0.2) is 0 Å². The van der Waals surface area contributed by atoms with Crippen molar-refractivity contribution in [2.75, 3.05) is 31.6 Å². The first-order valence-corrected chi connectivity index (χ1v) is 6.39. The van der Waals surface area contributed by atoms with Crippen LogP contribution in [0.4, 0.5) is 5.69 Å². The van der Waals surface area contributed by atoms with Crippen molar-refractivity contribution < 1.29 is 9.53 Å². The van der Waals surface area contributed by atoms with E-state index in [1.807, 2.05) is 39.0 Å². The van der Waals surface area contributed by atoms with Crippen LogP contribution in [-0.2, 0) is 4.74 Å². The predicted molar refractivity (Wildman–Crippen MR) is 74.2 cm³/mol. The lowest BCUT2D eigenvalue weighted by Gasteiger charge is -2.12. The predicted octanol–water partition coefficient (Wildman–Crippen LogP) is 2.19. The topological polar surface area (TPSA) is 50.4 Å². The van der Waals surface area contributed by atoms with Crippen LogP contribution in [0.2, 0.25) is 0 Å². The molecule has 1 amide bonds. The van der Waals surface area contributed by atoms with Crippen LogP contribution in [0, 0.1) is 6.92 Å². The summed E-state index contributed by atoms with van der Waals surface area (Å²) in [5.41, 5.74) is 2.70. The summed E-state index contributed by atoms with van der Waals surface area (Å²) in [5.74, 6) is -0.0642. The number of hydrogen-bond donors (Lipinski definition) is 2. The first-order chi connectivity index (χ1) is 8.69. The van der Waals surface area contributed by atoms with Crippen LogP contribution in [0.3, 0.4) is 0 Å². The zero-order valence-electron chi connectivity index (χ0n) is 11.4. The van der Waals surface area contributed by atoms with E-state index in [2.05, 4.69) is 10.6 Å². The molecule has 4 heteroatoms. The van der Waals surface area contributed by atoms with Crippen LogP contribution in [0.15, 0.2) is 18.2 Å². The number of aryl methyl sites for hydroxylation is 1. The number of nitrogens with one attached hydrogen (secondary N) is 2. The molecule has 0 aromatic heterocycles. The number of benzene rings is 1. The van der Waals surface area contributed by atoms with Crippen molar-refractivity contribution in [2.45, 2.75) is 20.8 Å². The maximum atomic E-state index is 12.0. The van der Waals surface area contributed by atoms with Gasteiger partial charge in [-0.3, -0.25) is 4.79 Å². The van der Waals surface area contributed by atoms with Gasteiger partial charge < -0.3 is 15.4 Å². The average molecular weight is 250 g/mol. The van der Waals surface area contributed by atoms with Crippen molar-refractivity contribution in [3.8, 4) is 0 Å². The minimum absolute atomic E-state index is 0.0642. The largest absolute Gasteiger partial charge is 0.385 e. The molecule has 0 saturated heterocycles. The van der Waals surface area contributed by atoms with E-state index in [0.717, 1.165) is 17.8 Å². The Bertz CT molecular complexity index is 391. The molecular formula is C14H22N2O2. The van der Waals surface area contributed by atoms with Gasteiger partial charge in [0.05, 0.1) is 12.2 Å². The van der Waals surface area contributed by atoms with Crippen LogP contribution in [0.5, 0.6) is 0 Å². The van der Waals surface area contributed by atoms with E-state index >= 15 is 0 Å². The Morgan fingerprint density at radius 3 is 2.78 bits per heavy atom. The van der Waals surface area contributed by atoms with Gasteiger partial charge in [0.1, 0.15) is 0 Å². The standard InChI is InChI=1S/C14H22N2O2/c1-4-15-13-10-11(3)6-7-12(13)14(17)16-8-9-18-5-2/h6-7,10,15H,4-5,8-9H2,1-3H3,(H,16,17). The van der Waals surface area contributed by atoms with Crippen LogP contribution in [0.25, 0.3) is 0 Å². The van der Waals surface area contributed by atoms with Gasteiger partial charge in [-0.2, -0.15) is 0 Å². The molecule has 18 heavy (non-hydrogen) atoms. The minimum atomic E-state index is -0.0642. The molecule has 4 nitrogen and oxygen atoms in total. The van der Waals surface area contributed by atoms with Gasteiger partial charge in [-0.1, -0.05) is 6.07 Å². The number of hydrogen-bond acceptors (Lipinski definition) is 3. The van der Waals surface area contributed by atoms with E-state index in [1.54, 1.807) is 0 Å². The van der Waals surface area contributed by atoms with Crippen molar-refractivity contribution >= 4 is 11.6 Å². The van der Waals surface area contributed by atoms with Gasteiger partial charge >= 0.3 is 0 Å². The molecule has 0 unspecified atom stereocenters. The molecular weight excluding hydrogens is 228 g/mol. The van der Waals surface area contributed by atoms with E-state index in [4.69, 9.17) is 4.74 Å². The molecule has 1 aromatic carbocycles. The molecule has 0 aliphatic carbocycles. The van der Waals surface area contributed by atoms with E-state index in [9.17, 15) is 4.79 Å². The van der Waals surface area contributed by atoms with Gasteiger partial charge in [0, 0.05) is 25.4 Å². The summed E-state index contributed by atoms with van der Waals surface area (Å²) in [5, 5.41) is 6.06. The van der Waals surface area contributed by atoms with Crippen molar-refractivity contribution in [3.05, 3.63) is 29.3 Å². The fourth-order valence-electron chi connectivity index (χ4n) is 1.67. The maximum absolute atomic E-state index is 12.0. The zero-order chi connectivity index (χ0) is 13.4.